The number of nitrogen functional groups attached to an aromatic ring is 1. The molecule has 0 aliphatic carbocycles. The number of nitrogens with one attached hydrogen (secondary N) is 1. The molecule has 18 heteroatoms. The van der Waals surface area contributed by atoms with Gasteiger partial charge in [-0.3, -0.25) is 19.3 Å². The van der Waals surface area contributed by atoms with Crippen LogP contribution in [0.5, 0.6) is 0 Å². The molecular formula is C22H23N8O8S2+. The van der Waals surface area contributed by atoms with Crippen molar-refractivity contribution in [1.82, 2.24) is 19.6 Å². The van der Waals surface area contributed by atoms with Crippen molar-refractivity contribution < 1.29 is 43.6 Å². The summed E-state index contributed by atoms with van der Waals surface area (Å²) in [7, 11) is 0. The Labute approximate surface area is 233 Å². The molecule has 3 amide bonds. The van der Waals surface area contributed by atoms with Gasteiger partial charge in [-0.2, -0.15) is 9.36 Å². The molecule has 0 saturated carbocycles. The zero-order valence-electron chi connectivity index (χ0n) is 20.9. The molecule has 1 fully saturated rings. The minimum Gasteiger partial charge on any atom is -0.478 e. The monoisotopic (exact) mass is 591 g/mol. The molecule has 2 aromatic rings. The van der Waals surface area contributed by atoms with Gasteiger partial charge in [0.2, 0.25) is 23.0 Å². The van der Waals surface area contributed by atoms with Gasteiger partial charge in [0.15, 0.2) is 24.1 Å². The lowest BCUT2D eigenvalue weighted by Crippen LogP contribution is -2.71. The Morgan fingerprint density at radius 2 is 1.95 bits per heavy atom. The smallest absolute Gasteiger partial charge is 0.352 e. The Hall–Kier alpha value is -4.58. The summed E-state index contributed by atoms with van der Waals surface area (Å²) in [4.78, 5) is 71.1. The van der Waals surface area contributed by atoms with Gasteiger partial charge in [0.1, 0.15) is 17.1 Å². The van der Waals surface area contributed by atoms with Crippen molar-refractivity contribution >= 4 is 63.8 Å². The highest BCUT2D eigenvalue weighted by atomic mass is 32.2. The lowest BCUT2D eigenvalue weighted by atomic mass is 10.0. The molecule has 2 atom stereocenters. The first kappa shape index (κ1) is 28.4. The molecule has 2 aromatic heterocycles. The third-order valence-electron chi connectivity index (χ3n) is 5.83. The van der Waals surface area contributed by atoms with E-state index < -0.39 is 52.4 Å². The van der Waals surface area contributed by atoms with Crippen molar-refractivity contribution in [3.8, 4) is 0 Å². The van der Waals surface area contributed by atoms with Crippen molar-refractivity contribution in [1.29, 1.82) is 0 Å². The molecule has 40 heavy (non-hydrogen) atoms. The topological polar surface area (TPSA) is 244 Å². The van der Waals surface area contributed by atoms with Crippen molar-refractivity contribution in [3.63, 3.8) is 0 Å². The number of carboxylic acid groups (broad SMARTS) is 2. The second-order valence-electron chi connectivity index (χ2n) is 9.04. The minimum absolute atomic E-state index is 0.00706. The van der Waals surface area contributed by atoms with Crippen LogP contribution in [0.25, 0.3) is 0 Å². The highest BCUT2D eigenvalue weighted by molar-refractivity contribution is 8.00. The normalized spacial score (nSPS) is 19.0. The van der Waals surface area contributed by atoms with Crippen molar-refractivity contribution in [3.05, 3.63) is 47.2 Å². The third-order valence-corrected chi connectivity index (χ3v) is 7.72. The molecule has 7 N–H and O–H groups in total. The van der Waals surface area contributed by atoms with Crippen LogP contribution >= 0.6 is 23.3 Å². The van der Waals surface area contributed by atoms with Gasteiger partial charge in [-0.25, -0.2) is 14.2 Å². The molecule has 4 rings (SSSR count). The summed E-state index contributed by atoms with van der Waals surface area (Å²) in [6.07, 6.45) is 3.14. The standard InChI is InChI=1S/C22H22N8O8S2/c1-22(2,20(36)37)38-27-11(15-26-21(24)40-28-15)16(32)25-12-17(33)30-13(19(34)35)10(8-39-18(12)30)7-29-5-3-9(4-6-29)14(23)31/h3-6,12,18H,7-8H2,1-2H3,(H6-,23,24,25,26,28,31,32,34,35,36,37)/p+1/t12?,18-/m0/s1. The number of β-lactam (4-membered cyclic amide) rings is 1. The summed E-state index contributed by atoms with van der Waals surface area (Å²) in [5.74, 6) is -4.91. The molecular weight excluding hydrogens is 568 g/mol. The van der Waals surface area contributed by atoms with Crippen LogP contribution in [0.2, 0.25) is 0 Å². The van der Waals surface area contributed by atoms with Gasteiger partial charge >= 0.3 is 11.9 Å². The zero-order chi connectivity index (χ0) is 29.4. The summed E-state index contributed by atoms with van der Waals surface area (Å²) >= 11 is 2.00. The van der Waals surface area contributed by atoms with Crippen LogP contribution < -0.4 is 21.4 Å². The number of nitrogens with two attached hydrogens (primary N) is 2. The van der Waals surface area contributed by atoms with E-state index in [1.807, 2.05) is 0 Å². The summed E-state index contributed by atoms with van der Waals surface area (Å²) in [5.41, 5.74) is 9.06. The molecule has 1 unspecified atom stereocenters. The highest BCUT2D eigenvalue weighted by Gasteiger charge is 2.55. The summed E-state index contributed by atoms with van der Waals surface area (Å²) in [5, 5.41) is 24.6. The van der Waals surface area contributed by atoms with Crippen LogP contribution in [0, 0.1) is 0 Å². The van der Waals surface area contributed by atoms with Gasteiger partial charge in [-0.05, 0) is 13.8 Å². The summed E-state index contributed by atoms with van der Waals surface area (Å²) in [6.45, 7) is 2.56. The van der Waals surface area contributed by atoms with Gasteiger partial charge < -0.3 is 31.8 Å². The molecule has 210 valence electrons. The van der Waals surface area contributed by atoms with Crippen LogP contribution in [0.3, 0.4) is 0 Å². The SMILES string of the molecule is CC(C)(ON=C(C(=O)NC1C(=O)N2C(C(=O)O)=C(C[n+]3ccc(C(N)=O)cc3)CS[C@@H]12)c1nsc(N)n1)C(=O)O. The number of thioether (sulfide) groups is 1. The molecule has 1 saturated heterocycles. The molecule has 4 heterocycles. The van der Waals surface area contributed by atoms with Crippen LogP contribution in [0.4, 0.5) is 5.13 Å². The maximum atomic E-state index is 13.1. The number of oxime groups is 1. The number of carbonyl (C=O) groups excluding carboxylic acids is 3. The fraction of sp³-hybridized carbons (Fsp3) is 0.318. The van der Waals surface area contributed by atoms with Crippen molar-refractivity contribution in [2.45, 2.75) is 37.4 Å². The average Bonchev–Trinajstić information content (AvgIpc) is 3.32. The first-order valence-electron chi connectivity index (χ1n) is 11.4. The number of hydrogen-bond acceptors (Lipinski definition) is 12. The lowest BCUT2D eigenvalue weighted by molar-refractivity contribution is -0.689. The number of primary amides is 1. The Morgan fingerprint density at radius 3 is 2.50 bits per heavy atom. The van der Waals surface area contributed by atoms with E-state index in [1.54, 1.807) is 17.0 Å². The van der Waals surface area contributed by atoms with Gasteiger partial charge in [0, 0.05) is 35.0 Å². The van der Waals surface area contributed by atoms with Gasteiger partial charge in [-0.15, -0.1) is 11.8 Å². The van der Waals surface area contributed by atoms with Gasteiger partial charge in [0.05, 0.1) is 5.56 Å². The van der Waals surface area contributed by atoms with Gasteiger partial charge in [0.25, 0.3) is 11.8 Å². The first-order chi connectivity index (χ1) is 18.8. The average molecular weight is 592 g/mol. The number of carbonyl (C=O) groups is 5. The van der Waals surface area contributed by atoms with Crippen molar-refractivity contribution in [2.24, 2.45) is 10.9 Å². The van der Waals surface area contributed by atoms with Crippen LogP contribution in [-0.4, -0.2) is 82.6 Å². The predicted octanol–water partition coefficient (Wildman–Crippen LogP) is -1.47. The zero-order valence-corrected chi connectivity index (χ0v) is 22.6. The second-order valence-corrected chi connectivity index (χ2v) is 10.9. The molecule has 2 aliphatic rings. The maximum Gasteiger partial charge on any atom is 0.352 e. The summed E-state index contributed by atoms with van der Waals surface area (Å²) in [6, 6.07) is 1.87. The van der Waals surface area contributed by atoms with E-state index in [1.165, 1.54) is 37.7 Å². The molecule has 16 nitrogen and oxygen atoms in total. The Morgan fingerprint density at radius 1 is 1.27 bits per heavy atom. The van der Waals surface area contributed by atoms with E-state index in [-0.39, 0.29) is 34.5 Å². The number of hydrogen-bond donors (Lipinski definition) is 5. The molecule has 2 aliphatic heterocycles. The number of amides is 3. The number of pyridine rings is 1. The fourth-order valence-electron chi connectivity index (χ4n) is 3.68. The minimum atomic E-state index is -1.80. The third kappa shape index (κ3) is 5.57. The van der Waals surface area contributed by atoms with Crippen molar-refractivity contribution in [2.75, 3.05) is 11.5 Å². The predicted molar refractivity (Wildman–Crippen MR) is 138 cm³/mol. The number of fused-ring (bicyclic) bond motifs is 1. The number of carboxylic acids is 2. The number of rotatable bonds is 10. The maximum absolute atomic E-state index is 13.1. The molecule has 0 spiro atoms. The Balaban J connectivity index is 1.54. The summed E-state index contributed by atoms with van der Waals surface area (Å²) < 4.78 is 5.55. The first-order valence-corrected chi connectivity index (χ1v) is 13.2. The quantitative estimate of drug-likeness (QED) is 0.0920. The molecule has 0 radical (unpaired) electrons. The fourth-order valence-corrected chi connectivity index (χ4v) is 5.45. The Kier molecular flexibility index (Phi) is 7.74. The van der Waals surface area contributed by atoms with E-state index >= 15 is 0 Å². The largest absolute Gasteiger partial charge is 0.478 e. The molecule has 0 bridgehead atoms. The lowest BCUT2D eigenvalue weighted by Gasteiger charge is -2.49. The van der Waals surface area contributed by atoms with E-state index in [2.05, 4.69) is 19.8 Å². The number of anilines is 1. The van der Waals surface area contributed by atoms with E-state index in [4.69, 9.17) is 16.3 Å². The highest BCUT2D eigenvalue weighted by Crippen LogP contribution is 2.40. The van der Waals surface area contributed by atoms with Gasteiger partial charge in [-0.1, -0.05) is 5.16 Å². The molecule has 0 aromatic carbocycles. The van der Waals surface area contributed by atoms with Crippen LogP contribution in [-0.2, 0) is 30.6 Å². The van der Waals surface area contributed by atoms with E-state index in [9.17, 15) is 34.2 Å². The van der Waals surface area contributed by atoms with E-state index in [0.717, 1.165) is 16.4 Å². The number of aliphatic carboxylic acids is 2. The second kappa shape index (κ2) is 10.9. The van der Waals surface area contributed by atoms with Crippen LogP contribution in [0.1, 0.15) is 30.0 Å². The number of nitrogens with zero attached hydrogens (tertiary/aromatic N) is 5. The number of aromatic nitrogens is 3. The van der Waals surface area contributed by atoms with Crippen LogP contribution in [0.15, 0.2) is 41.0 Å². The van der Waals surface area contributed by atoms with E-state index in [0.29, 0.717) is 5.57 Å². The Bertz CT molecular complexity index is 1470.